The van der Waals surface area contributed by atoms with E-state index in [2.05, 4.69) is 26.7 Å². The highest BCUT2D eigenvalue weighted by Gasteiger charge is 2.09. The summed E-state index contributed by atoms with van der Waals surface area (Å²) in [5.74, 6) is 0.797. The molecule has 0 bridgehead atoms. The lowest BCUT2D eigenvalue weighted by atomic mass is 10.4. The molecule has 0 unspecified atom stereocenters. The molecular formula is C11H10N4S. The third-order valence-electron chi connectivity index (χ3n) is 2.44. The summed E-state index contributed by atoms with van der Waals surface area (Å²) >= 11 is 1.71. The lowest BCUT2D eigenvalue weighted by Gasteiger charge is -2.02. The lowest BCUT2D eigenvalue weighted by molar-refractivity contribution is 1.13. The predicted molar refractivity (Wildman–Crippen MR) is 65.8 cm³/mol. The van der Waals surface area contributed by atoms with Gasteiger partial charge in [-0.15, -0.1) is 11.3 Å². The van der Waals surface area contributed by atoms with Crippen LogP contribution in [-0.4, -0.2) is 21.4 Å². The van der Waals surface area contributed by atoms with Crippen molar-refractivity contribution in [3.8, 4) is 10.6 Å². The van der Waals surface area contributed by atoms with Gasteiger partial charge in [0.25, 0.3) is 0 Å². The molecule has 0 amide bonds. The number of thiophene rings is 1. The largest absolute Gasteiger partial charge is 0.370 e. The van der Waals surface area contributed by atoms with Gasteiger partial charge in [0.2, 0.25) is 0 Å². The van der Waals surface area contributed by atoms with Crippen LogP contribution < -0.4 is 5.32 Å². The van der Waals surface area contributed by atoms with E-state index in [9.17, 15) is 0 Å². The summed E-state index contributed by atoms with van der Waals surface area (Å²) in [5, 5.41) is 5.10. The van der Waals surface area contributed by atoms with Crippen LogP contribution in [0.3, 0.4) is 0 Å². The molecule has 0 aliphatic rings. The van der Waals surface area contributed by atoms with E-state index in [4.69, 9.17) is 0 Å². The molecule has 3 aromatic rings. The number of nitrogens with one attached hydrogen (secondary N) is 1. The zero-order valence-corrected chi connectivity index (χ0v) is 9.53. The summed E-state index contributed by atoms with van der Waals surface area (Å²) in [7, 11) is 1.85. The Kier molecular flexibility index (Phi) is 2.11. The topological polar surface area (TPSA) is 42.2 Å². The van der Waals surface area contributed by atoms with E-state index in [1.54, 1.807) is 17.5 Å². The molecule has 0 aromatic carbocycles. The van der Waals surface area contributed by atoms with Crippen molar-refractivity contribution in [1.82, 2.24) is 14.4 Å². The average Bonchev–Trinajstić information content (AvgIpc) is 2.96. The Balaban J connectivity index is 2.29. The van der Waals surface area contributed by atoms with Crippen LogP contribution in [0.25, 0.3) is 16.2 Å². The molecule has 0 saturated carbocycles. The molecule has 80 valence electrons. The van der Waals surface area contributed by atoms with Gasteiger partial charge in [-0.1, -0.05) is 6.07 Å². The van der Waals surface area contributed by atoms with E-state index in [-0.39, 0.29) is 0 Å². The molecule has 0 spiro atoms. The van der Waals surface area contributed by atoms with Crippen molar-refractivity contribution in [2.75, 3.05) is 12.4 Å². The molecule has 16 heavy (non-hydrogen) atoms. The number of fused-ring (bicyclic) bond motifs is 1. The number of hydrogen-bond acceptors (Lipinski definition) is 4. The molecule has 3 aromatic heterocycles. The van der Waals surface area contributed by atoms with Gasteiger partial charge >= 0.3 is 0 Å². The van der Waals surface area contributed by atoms with Crippen molar-refractivity contribution < 1.29 is 0 Å². The van der Waals surface area contributed by atoms with Crippen LogP contribution in [0.15, 0.2) is 36.1 Å². The molecule has 0 saturated heterocycles. The number of imidazole rings is 1. The van der Waals surface area contributed by atoms with Crippen LogP contribution in [0.2, 0.25) is 0 Å². The molecule has 0 fully saturated rings. The highest BCUT2D eigenvalue weighted by Crippen LogP contribution is 2.26. The normalized spacial score (nSPS) is 10.8. The number of nitrogens with zero attached hydrogens (tertiary/aromatic N) is 3. The minimum atomic E-state index is 0.797. The maximum Gasteiger partial charge on any atom is 0.180 e. The van der Waals surface area contributed by atoms with Gasteiger partial charge < -0.3 is 5.32 Å². The smallest absolute Gasteiger partial charge is 0.180 e. The third-order valence-corrected chi connectivity index (χ3v) is 3.33. The lowest BCUT2D eigenvalue weighted by Crippen LogP contribution is -1.97. The maximum absolute atomic E-state index is 4.39. The Bertz CT molecular complexity index is 612. The van der Waals surface area contributed by atoms with Crippen LogP contribution in [0.1, 0.15) is 0 Å². The second-order valence-electron chi connectivity index (χ2n) is 3.34. The van der Waals surface area contributed by atoms with Crippen LogP contribution in [0.4, 0.5) is 5.82 Å². The number of rotatable bonds is 2. The van der Waals surface area contributed by atoms with Gasteiger partial charge in [0, 0.05) is 19.4 Å². The summed E-state index contributed by atoms with van der Waals surface area (Å²) in [5.41, 5.74) is 1.96. The molecule has 3 heterocycles. The standard InChI is InChI=1S/C11H10N4S/c1-12-10-11-14-7-8(9-3-2-6-16-9)15(11)5-4-13-10/h2-7H,1H3,(H,12,13). The van der Waals surface area contributed by atoms with Gasteiger partial charge in [0.05, 0.1) is 16.8 Å². The summed E-state index contributed by atoms with van der Waals surface area (Å²) in [6.45, 7) is 0. The van der Waals surface area contributed by atoms with E-state index in [0.29, 0.717) is 0 Å². The molecule has 4 nitrogen and oxygen atoms in total. The van der Waals surface area contributed by atoms with Crippen molar-refractivity contribution in [2.45, 2.75) is 0 Å². The van der Waals surface area contributed by atoms with Crippen molar-refractivity contribution in [1.29, 1.82) is 0 Å². The van der Waals surface area contributed by atoms with Gasteiger partial charge in [-0.2, -0.15) is 0 Å². The number of hydrogen-bond donors (Lipinski definition) is 1. The van der Waals surface area contributed by atoms with Crippen molar-refractivity contribution in [2.24, 2.45) is 0 Å². The first-order chi connectivity index (χ1) is 7.90. The second-order valence-corrected chi connectivity index (χ2v) is 4.29. The van der Waals surface area contributed by atoms with Gasteiger partial charge in [0.15, 0.2) is 11.5 Å². The predicted octanol–water partition coefficient (Wildman–Crippen LogP) is 2.50. The zero-order chi connectivity index (χ0) is 11.0. The fourth-order valence-corrected chi connectivity index (χ4v) is 2.43. The molecule has 1 N–H and O–H groups in total. The van der Waals surface area contributed by atoms with Crippen molar-refractivity contribution >= 4 is 22.8 Å². The monoisotopic (exact) mass is 230 g/mol. The van der Waals surface area contributed by atoms with Gasteiger partial charge in [-0.05, 0) is 11.4 Å². The fraction of sp³-hybridized carbons (Fsp3) is 0.0909. The second kappa shape index (κ2) is 3.61. The average molecular weight is 230 g/mol. The summed E-state index contributed by atoms with van der Waals surface area (Å²) < 4.78 is 2.05. The van der Waals surface area contributed by atoms with E-state index in [1.165, 1.54) is 4.88 Å². The van der Waals surface area contributed by atoms with Crippen LogP contribution in [0.5, 0.6) is 0 Å². The Morgan fingerprint density at radius 1 is 1.38 bits per heavy atom. The molecular weight excluding hydrogens is 220 g/mol. The Labute approximate surface area is 96.6 Å². The van der Waals surface area contributed by atoms with Crippen LogP contribution >= 0.6 is 11.3 Å². The zero-order valence-electron chi connectivity index (χ0n) is 8.71. The van der Waals surface area contributed by atoms with Crippen molar-refractivity contribution in [3.63, 3.8) is 0 Å². The molecule has 0 aliphatic carbocycles. The Morgan fingerprint density at radius 2 is 2.31 bits per heavy atom. The minimum absolute atomic E-state index is 0.797. The van der Waals surface area contributed by atoms with E-state index < -0.39 is 0 Å². The molecule has 3 rings (SSSR count). The van der Waals surface area contributed by atoms with Gasteiger partial charge in [-0.25, -0.2) is 9.97 Å². The van der Waals surface area contributed by atoms with Crippen molar-refractivity contribution in [3.05, 3.63) is 36.1 Å². The fourth-order valence-electron chi connectivity index (χ4n) is 1.70. The molecule has 0 radical (unpaired) electrons. The molecule has 0 atom stereocenters. The first-order valence-electron chi connectivity index (χ1n) is 4.94. The van der Waals surface area contributed by atoms with Crippen LogP contribution in [0, 0.1) is 0 Å². The third kappa shape index (κ3) is 1.29. The summed E-state index contributed by atoms with van der Waals surface area (Å²) in [4.78, 5) is 9.83. The first kappa shape index (κ1) is 9.35. The quantitative estimate of drug-likeness (QED) is 0.735. The van der Waals surface area contributed by atoms with E-state index in [1.807, 2.05) is 29.9 Å². The molecule has 0 aliphatic heterocycles. The molecule has 5 heteroatoms. The summed E-state index contributed by atoms with van der Waals surface area (Å²) in [6, 6.07) is 4.13. The maximum atomic E-state index is 4.39. The first-order valence-corrected chi connectivity index (χ1v) is 5.82. The Hall–Kier alpha value is -1.88. The minimum Gasteiger partial charge on any atom is -0.370 e. The summed E-state index contributed by atoms with van der Waals surface area (Å²) in [6.07, 6.45) is 5.58. The number of aromatic nitrogens is 3. The Morgan fingerprint density at radius 3 is 3.06 bits per heavy atom. The van der Waals surface area contributed by atoms with E-state index in [0.717, 1.165) is 17.2 Å². The number of anilines is 1. The highest BCUT2D eigenvalue weighted by atomic mass is 32.1. The van der Waals surface area contributed by atoms with Gasteiger partial charge in [0.1, 0.15) is 0 Å². The van der Waals surface area contributed by atoms with Crippen LogP contribution in [-0.2, 0) is 0 Å². The highest BCUT2D eigenvalue weighted by molar-refractivity contribution is 7.13. The van der Waals surface area contributed by atoms with E-state index >= 15 is 0 Å². The van der Waals surface area contributed by atoms with Gasteiger partial charge in [-0.3, -0.25) is 4.40 Å². The SMILES string of the molecule is CNc1nccn2c(-c3cccs3)cnc12.